The zero-order valence-corrected chi connectivity index (χ0v) is 11.9. The average Bonchev–Trinajstić information content (AvgIpc) is 2.85. The lowest BCUT2D eigenvalue weighted by Gasteiger charge is -2.40. The number of nitrogens with zero attached hydrogens (tertiary/aromatic N) is 1. The van der Waals surface area contributed by atoms with Gasteiger partial charge in [0.25, 0.3) is 0 Å². The standard InChI is InChI=1S/C14H25NO4/c1-10(2)15-8-4-3-5-12(15)14-18-9-11(19-14)6-7-13(16)17/h10-12,14H,3-9H2,1-2H3,(H,16,17). The maximum Gasteiger partial charge on any atom is 0.303 e. The number of rotatable bonds is 5. The predicted molar refractivity (Wildman–Crippen MR) is 71.0 cm³/mol. The van der Waals surface area contributed by atoms with Crippen molar-refractivity contribution in [3.63, 3.8) is 0 Å². The number of aliphatic carboxylic acids is 1. The van der Waals surface area contributed by atoms with Crippen molar-refractivity contribution in [1.29, 1.82) is 0 Å². The highest BCUT2D eigenvalue weighted by atomic mass is 16.7. The molecule has 2 saturated heterocycles. The number of carbonyl (C=O) groups is 1. The van der Waals surface area contributed by atoms with Crippen molar-refractivity contribution in [2.75, 3.05) is 13.2 Å². The zero-order valence-electron chi connectivity index (χ0n) is 11.9. The Balaban J connectivity index is 1.86. The van der Waals surface area contributed by atoms with Crippen molar-refractivity contribution in [3.05, 3.63) is 0 Å². The normalized spacial score (nSPS) is 32.9. The van der Waals surface area contributed by atoms with E-state index in [1.165, 1.54) is 12.8 Å². The molecular formula is C14H25NO4. The summed E-state index contributed by atoms with van der Waals surface area (Å²) in [6, 6.07) is 0.819. The first-order valence-electron chi connectivity index (χ1n) is 7.32. The van der Waals surface area contributed by atoms with Gasteiger partial charge in [0.05, 0.1) is 18.8 Å². The van der Waals surface area contributed by atoms with Crippen molar-refractivity contribution in [3.8, 4) is 0 Å². The van der Waals surface area contributed by atoms with Crippen molar-refractivity contribution in [1.82, 2.24) is 4.90 Å². The Bertz CT molecular complexity index is 308. The molecule has 0 amide bonds. The summed E-state index contributed by atoms with van der Waals surface area (Å²) in [5.74, 6) is -0.770. The number of hydrogen-bond donors (Lipinski definition) is 1. The maximum atomic E-state index is 10.6. The molecule has 0 aromatic rings. The van der Waals surface area contributed by atoms with Crippen LogP contribution in [0.25, 0.3) is 0 Å². The molecule has 0 radical (unpaired) electrons. The first kappa shape index (κ1) is 14.8. The van der Waals surface area contributed by atoms with Gasteiger partial charge in [-0.25, -0.2) is 0 Å². The van der Waals surface area contributed by atoms with E-state index < -0.39 is 5.97 Å². The van der Waals surface area contributed by atoms with Gasteiger partial charge in [0, 0.05) is 12.5 Å². The van der Waals surface area contributed by atoms with E-state index in [2.05, 4.69) is 18.7 Å². The summed E-state index contributed by atoms with van der Waals surface area (Å²) in [6.45, 7) is 6.04. The van der Waals surface area contributed by atoms with Gasteiger partial charge in [0.1, 0.15) is 0 Å². The highest BCUT2D eigenvalue weighted by molar-refractivity contribution is 5.66. The van der Waals surface area contributed by atoms with Crippen LogP contribution in [0, 0.1) is 0 Å². The predicted octanol–water partition coefficient (Wildman–Crippen LogP) is 1.86. The van der Waals surface area contributed by atoms with Crippen molar-refractivity contribution >= 4 is 5.97 Å². The van der Waals surface area contributed by atoms with E-state index >= 15 is 0 Å². The van der Waals surface area contributed by atoms with Crippen molar-refractivity contribution in [2.24, 2.45) is 0 Å². The molecule has 5 heteroatoms. The lowest BCUT2D eigenvalue weighted by atomic mass is 10.00. The SMILES string of the molecule is CC(C)N1CCCCC1C1OCC(CCC(=O)O)O1. The maximum absolute atomic E-state index is 10.6. The average molecular weight is 271 g/mol. The lowest BCUT2D eigenvalue weighted by molar-refractivity contribution is -0.139. The summed E-state index contributed by atoms with van der Waals surface area (Å²) < 4.78 is 11.7. The second-order valence-corrected chi connectivity index (χ2v) is 5.79. The van der Waals surface area contributed by atoms with Crippen LogP contribution in [0.15, 0.2) is 0 Å². The molecule has 5 nitrogen and oxygen atoms in total. The lowest BCUT2D eigenvalue weighted by Crippen LogP contribution is -2.50. The molecule has 1 N–H and O–H groups in total. The Hall–Kier alpha value is -0.650. The molecule has 0 bridgehead atoms. The number of hydrogen-bond acceptors (Lipinski definition) is 4. The Kier molecular flexibility index (Phi) is 5.19. The van der Waals surface area contributed by atoms with Crippen LogP contribution in [0.5, 0.6) is 0 Å². The minimum absolute atomic E-state index is 0.0583. The van der Waals surface area contributed by atoms with Crippen molar-refractivity contribution in [2.45, 2.75) is 70.4 Å². The van der Waals surface area contributed by atoms with E-state index in [4.69, 9.17) is 14.6 Å². The first-order valence-corrected chi connectivity index (χ1v) is 7.32. The fraction of sp³-hybridized carbons (Fsp3) is 0.929. The van der Waals surface area contributed by atoms with Crippen LogP contribution in [-0.2, 0) is 14.3 Å². The van der Waals surface area contributed by atoms with Crippen LogP contribution in [-0.4, -0.2) is 53.6 Å². The summed E-state index contributed by atoms with van der Waals surface area (Å²) in [7, 11) is 0. The molecule has 2 fully saturated rings. The van der Waals surface area contributed by atoms with E-state index in [1.54, 1.807) is 0 Å². The molecule has 2 heterocycles. The second kappa shape index (κ2) is 6.68. The van der Waals surface area contributed by atoms with Crippen LogP contribution >= 0.6 is 0 Å². The van der Waals surface area contributed by atoms with Gasteiger partial charge in [-0.3, -0.25) is 9.69 Å². The van der Waals surface area contributed by atoms with Gasteiger partial charge in [-0.1, -0.05) is 6.42 Å². The van der Waals surface area contributed by atoms with E-state index in [9.17, 15) is 4.79 Å². The van der Waals surface area contributed by atoms with Gasteiger partial charge in [-0.15, -0.1) is 0 Å². The Morgan fingerprint density at radius 2 is 2.21 bits per heavy atom. The molecule has 19 heavy (non-hydrogen) atoms. The topological polar surface area (TPSA) is 59.0 Å². The van der Waals surface area contributed by atoms with Gasteiger partial charge in [0.15, 0.2) is 6.29 Å². The van der Waals surface area contributed by atoms with Gasteiger partial charge in [-0.05, 0) is 39.7 Å². The molecule has 0 spiro atoms. The molecule has 3 atom stereocenters. The number of ether oxygens (including phenoxy) is 2. The van der Waals surface area contributed by atoms with Crippen LogP contribution in [0.1, 0.15) is 46.0 Å². The number of carboxylic acids is 1. The smallest absolute Gasteiger partial charge is 0.303 e. The largest absolute Gasteiger partial charge is 0.481 e. The molecule has 0 saturated carbocycles. The molecule has 2 rings (SSSR count). The van der Waals surface area contributed by atoms with Crippen LogP contribution < -0.4 is 0 Å². The molecule has 0 aliphatic carbocycles. The summed E-state index contributed by atoms with van der Waals surface area (Å²) in [6.07, 6.45) is 4.02. The molecule has 110 valence electrons. The van der Waals surface area contributed by atoms with Gasteiger partial charge < -0.3 is 14.6 Å². The quantitative estimate of drug-likeness (QED) is 0.827. The van der Waals surface area contributed by atoms with E-state index in [0.717, 1.165) is 13.0 Å². The van der Waals surface area contributed by atoms with Crippen molar-refractivity contribution < 1.29 is 19.4 Å². The van der Waals surface area contributed by atoms with Gasteiger partial charge in [-0.2, -0.15) is 0 Å². The molecule has 0 aromatic heterocycles. The van der Waals surface area contributed by atoms with E-state index in [-0.39, 0.29) is 18.8 Å². The number of likely N-dealkylation sites (tertiary alicyclic amines) is 1. The molecule has 2 aliphatic rings. The van der Waals surface area contributed by atoms with Gasteiger partial charge in [0.2, 0.25) is 0 Å². The first-order chi connectivity index (χ1) is 9.08. The van der Waals surface area contributed by atoms with Crippen LogP contribution in [0.2, 0.25) is 0 Å². The minimum Gasteiger partial charge on any atom is -0.481 e. The summed E-state index contributed by atoms with van der Waals surface area (Å²) in [4.78, 5) is 13.0. The molecule has 2 aliphatic heterocycles. The molecule has 3 unspecified atom stereocenters. The number of carboxylic acid groups (broad SMARTS) is 1. The summed E-state index contributed by atoms with van der Waals surface area (Å²) in [5, 5.41) is 8.70. The zero-order chi connectivity index (χ0) is 13.8. The van der Waals surface area contributed by atoms with E-state index in [0.29, 0.717) is 25.1 Å². The second-order valence-electron chi connectivity index (χ2n) is 5.79. The molecular weight excluding hydrogens is 246 g/mol. The monoisotopic (exact) mass is 271 g/mol. The Morgan fingerprint density at radius 3 is 2.89 bits per heavy atom. The minimum atomic E-state index is -0.770. The Labute approximate surface area is 114 Å². The van der Waals surface area contributed by atoms with E-state index in [1.807, 2.05) is 0 Å². The number of piperidine rings is 1. The summed E-state index contributed by atoms with van der Waals surface area (Å²) >= 11 is 0. The third kappa shape index (κ3) is 3.91. The highest BCUT2D eigenvalue weighted by Crippen LogP contribution is 2.28. The summed E-state index contributed by atoms with van der Waals surface area (Å²) in [5.41, 5.74) is 0. The third-order valence-electron chi connectivity index (χ3n) is 4.02. The highest BCUT2D eigenvalue weighted by Gasteiger charge is 2.37. The Morgan fingerprint density at radius 1 is 1.42 bits per heavy atom. The molecule has 0 aromatic carbocycles. The van der Waals surface area contributed by atoms with Crippen LogP contribution in [0.3, 0.4) is 0 Å². The fourth-order valence-electron chi connectivity index (χ4n) is 3.02. The van der Waals surface area contributed by atoms with Gasteiger partial charge >= 0.3 is 5.97 Å². The van der Waals surface area contributed by atoms with Crippen LogP contribution in [0.4, 0.5) is 0 Å². The third-order valence-corrected chi connectivity index (χ3v) is 4.02. The fourth-order valence-corrected chi connectivity index (χ4v) is 3.02.